The van der Waals surface area contributed by atoms with Crippen molar-refractivity contribution >= 4 is 15.9 Å². The zero-order chi connectivity index (χ0) is 13.4. The standard InChI is InChI=1S/C15H12BrFO2/c16-12-7-9(17)5-6-10(12)15-8-13(18)11-3-1-2-4-14(11)19-15/h1-7,13,15,18H,8H2. The van der Waals surface area contributed by atoms with E-state index < -0.39 is 6.10 Å². The van der Waals surface area contributed by atoms with Crippen LogP contribution in [-0.4, -0.2) is 5.11 Å². The van der Waals surface area contributed by atoms with Crippen molar-refractivity contribution in [3.63, 3.8) is 0 Å². The van der Waals surface area contributed by atoms with Crippen LogP contribution in [0.3, 0.4) is 0 Å². The van der Waals surface area contributed by atoms with E-state index in [2.05, 4.69) is 15.9 Å². The molecule has 4 heteroatoms. The van der Waals surface area contributed by atoms with E-state index in [1.54, 1.807) is 6.07 Å². The van der Waals surface area contributed by atoms with Crippen LogP contribution in [0.2, 0.25) is 0 Å². The third-order valence-corrected chi connectivity index (χ3v) is 3.98. The van der Waals surface area contributed by atoms with Gasteiger partial charge >= 0.3 is 0 Å². The Bertz CT molecular complexity index is 615. The third-order valence-electron chi connectivity index (χ3n) is 3.29. The lowest BCUT2D eigenvalue weighted by Gasteiger charge is -2.30. The lowest BCUT2D eigenvalue weighted by Crippen LogP contribution is -2.19. The molecule has 0 saturated carbocycles. The van der Waals surface area contributed by atoms with Crippen LogP contribution in [-0.2, 0) is 0 Å². The molecule has 0 fully saturated rings. The Morgan fingerprint density at radius 1 is 1.16 bits per heavy atom. The average molecular weight is 323 g/mol. The van der Waals surface area contributed by atoms with Gasteiger partial charge in [0, 0.05) is 22.0 Å². The summed E-state index contributed by atoms with van der Waals surface area (Å²) in [4.78, 5) is 0. The van der Waals surface area contributed by atoms with Crippen molar-refractivity contribution in [2.45, 2.75) is 18.6 Å². The van der Waals surface area contributed by atoms with E-state index in [0.717, 1.165) is 11.1 Å². The minimum atomic E-state index is -0.563. The maximum atomic E-state index is 13.1. The molecule has 1 aliphatic rings. The van der Waals surface area contributed by atoms with E-state index in [9.17, 15) is 9.50 Å². The van der Waals surface area contributed by atoms with Crippen molar-refractivity contribution in [3.05, 3.63) is 63.9 Å². The average Bonchev–Trinajstić information content (AvgIpc) is 2.38. The minimum absolute atomic E-state index is 0.278. The maximum absolute atomic E-state index is 13.1. The van der Waals surface area contributed by atoms with Crippen LogP contribution < -0.4 is 4.74 Å². The summed E-state index contributed by atoms with van der Waals surface area (Å²) in [7, 11) is 0. The highest BCUT2D eigenvalue weighted by molar-refractivity contribution is 9.10. The first-order valence-electron chi connectivity index (χ1n) is 6.04. The first-order valence-corrected chi connectivity index (χ1v) is 6.83. The second-order valence-electron chi connectivity index (χ2n) is 4.56. The molecule has 0 amide bonds. The van der Waals surface area contributed by atoms with Gasteiger partial charge in [-0.1, -0.05) is 40.2 Å². The molecule has 2 unspecified atom stereocenters. The van der Waals surface area contributed by atoms with Gasteiger partial charge in [0.1, 0.15) is 17.7 Å². The molecule has 1 N–H and O–H groups in total. The van der Waals surface area contributed by atoms with Crippen molar-refractivity contribution in [3.8, 4) is 5.75 Å². The summed E-state index contributed by atoms with van der Waals surface area (Å²) in [6.07, 6.45) is -0.381. The number of hydrogen-bond donors (Lipinski definition) is 1. The highest BCUT2D eigenvalue weighted by Crippen LogP contribution is 2.42. The van der Waals surface area contributed by atoms with Crippen molar-refractivity contribution in [2.24, 2.45) is 0 Å². The Morgan fingerprint density at radius 2 is 1.95 bits per heavy atom. The highest BCUT2D eigenvalue weighted by atomic mass is 79.9. The van der Waals surface area contributed by atoms with E-state index in [0.29, 0.717) is 16.6 Å². The molecule has 0 bridgehead atoms. The predicted octanol–water partition coefficient (Wildman–Crippen LogP) is 4.15. The largest absolute Gasteiger partial charge is 0.485 e. The van der Waals surface area contributed by atoms with E-state index in [4.69, 9.17) is 4.74 Å². The summed E-state index contributed by atoms with van der Waals surface area (Å²) in [6.45, 7) is 0. The smallest absolute Gasteiger partial charge is 0.128 e. The van der Waals surface area contributed by atoms with Gasteiger partial charge in [0.25, 0.3) is 0 Å². The van der Waals surface area contributed by atoms with Gasteiger partial charge in [0.15, 0.2) is 0 Å². The maximum Gasteiger partial charge on any atom is 0.128 e. The van der Waals surface area contributed by atoms with Crippen molar-refractivity contribution < 1.29 is 14.2 Å². The Labute approximate surface area is 119 Å². The number of halogens is 2. The zero-order valence-electron chi connectivity index (χ0n) is 10.0. The Morgan fingerprint density at radius 3 is 2.74 bits per heavy atom. The Balaban J connectivity index is 1.97. The summed E-state index contributed by atoms with van der Waals surface area (Å²) < 4.78 is 19.7. The highest BCUT2D eigenvalue weighted by Gasteiger charge is 2.28. The van der Waals surface area contributed by atoms with Gasteiger partial charge in [-0.05, 0) is 18.2 Å². The molecule has 0 aromatic heterocycles. The summed E-state index contributed by atoms with van der Waals surface area (Å²) in [5, 5.41) is 10.2. The molecule has 0 saturated heterocycles. The van der Waals surface area contributed by atoms with Crippen LogP contribution >= 0.6 is 15.9 Å². The lowest BCUT2D eigenvalue weighted by molar-refractivity contribution is 0.0654. The van der Waals surface area contributed by atoms with Crippen molar-refractivity contribution in [1.29, 1.82) is 0 Å². The van der Waals surface area contributed by atoms with Gasteiger partial charge in [-0.3, -0.25) is 0 Å². The molecule has 0 aliphatic carbocycles. The molecule has 2 aromatic carbocycles. The Hall–Kier alpha value is -1.39. The molecule has 19 heavy (non-hydrogen) atoms. The van der Waals surface area contributed by atoms with E-state index >= 15 is 0 Å². The van der Waals surface area contributed by atoms with Crippen LogP contribution in [0.15, 0.2) is 46.9 Å². The van der Waals surface area contributed by atoms with Gasteiger partial charge in [0.2, 0.25) is 0 Å². The van der Waals surface area contributed by atoms with Gasteiger partial charge in [-0.2, -0.15) is 0 Å². The second kappa shape index (κ2) is 4.94. The number of fused-ring (bicyclic) bond motifs is 1. The van der Waals surface area contributed by atoms with Crippen LogP contribution in [0.1, 0.15) is 29.8 Å². The molecule has 2 aromatic rings. The molecular formula is C15H12BrFO2. The number of rotatable bonds is 1. The lowest BCUT2D eigenvalue weighted by atomic mass is 9.95. The van der Waals surface area contributed by atoms with Crippen LogP contribution in [0.25, 0.3) is 0 Å². The molecule has 2 atom stereocenters. The third kappa shape index (κ3) is 2.38. The van der Waals surface area contributed by atoms with Crippen LogP contribution in [0.5, 0.6) is 5.75 Å². The minimum Gasteiger partial charge on any atom is -0.485 e. The first kappa shape index (κ1) is 12.6. The fourth-order valence-corrected chi connectivity index (χ4v) is 2.95. The van der Waals surface area contributed by atoms with Crippen LogP contribution in [0.4, 0.5) is 4.39 Å². The summed E-state index contributed by atoms with van der Waals surface area (Å²) >= 11 is 3.34. The molecule has 1 aliphatic heterocycles. The van der Waals surface area contributed by atoms with Gasteiger partial charge in [0.05, 0.1) is 6.10 Å². The summed E-state index contributed by atoms with van der Waals surface area (Å²) in [5.74, 6) is 0.384. The number of aliphatic hydroxyl groups is 1. The predicted molar refractivity (Wildman–Crippen MR) is 73.5 cm³/mol. The fraction of sp³-hybridized carbons (Fsp3) is 0.200. The Kier molecular flexibility index (Phi) is 3.29. The molecule has 98 valence electrons. The van der Waals surface area contributed by atoms with Crippen molar-refractivity contribution in [2.75, 3.05) is 0 Å². The van der Waals surface area contributed by atoms with E-state index in [-0.39, 0.29) is 11.9 Å². The monoisotopic (exact) mass is 322 g/mol. The SMILES string of the molecule is OC1CC(c2ccc(F)cc2Br)Oc2ccccc21. The summed E-state index contributed by atoms with van der Waals surface area (Å²) in [6, 6.07) is 11.9. The number of para-hydroxylation sites is 1. The topological polar surface area (TPSA) is 29.5 Å². The molecule has 3 rings (SSSR count). The molecule has 0 spiro atoms. The first-order chi connectivity index (χ1) is 9.15. The van der Waals surface area contributed by atoms with Gasteiger partial charge in [-0.25, -0.2) is 4.39 Å². The number of ether oxygens (including phenoxy) is 1. The fourth-order valence-electron chi connectivity index (χ4n) is 2.35. The quantitative estimate of drug-likeness (QED) is 0.854. The van der Waals surface area contributed by atoms with E-state index in [1.807, 2.05) is 24.3 Å². The number of hydrogen-bond acceptors (Lipinski definition) is 2. The van der Waals surface area contributed by atoms with Gasteiger partial charge in [-0.15, -0.1) is 0 Å². The van der Waals surface area contributed by atoms with Gasteiger partial charge < -0.3 is 9.84 Å². The van der Waals surface area contributed by atoms with Crippen molar-refractivity contribution in [1.82, 2.24) is 0 Å². The second-order valence-corrected chi connectivity index (χ2v) is 5.42. The van der Waals surface area contributed by atoms with E-state index in [1.165, 1.54) is 12.1 Å². The molecule has 2 nitrogen and oxygen atoms in total. The number of aliphatic hydroxyl groups excluding tert-OH is 1. The normalized spacial score (nSPS) is 21.6. The summed E-state index contributed by atoms with van der Waals surface area (Å²) in [5.41, 5.74) is 1.65. The molecule has 1 heterocycles. The number of benzene rings is 2. The zero-order valence-corrected chi connectivity index (χ0v) is 11.6. The molecule has 0 radical (unpaired) electrons. The molecular weight excluding hydrogens is 311 g/mol. The van der Waals surface area contributed by atoms with Crippen LogP contribution in [0, 0.1) is 5.82 Å².